The zero-order valence-electron chi connectivity index (χ0n) is 15.6. The third-order valence-corrected chi connectivity index (χ3v) is 5.38. The molecule has 1 aliphatic heterocycles. The first-order valence-corrected chi connectivity index (χ1v) is 10.3. The molecule has 3 rings (SSSR count). The van der Waals surface area contributed by atoms with Crippen LogP contribution in [0.15, 0.2) is 35.5 Å². The summed E-state index contributed by atoms with van der Waals surface area (Å²) >= 11 is 0. The molecule has 150 valence electrons. The highest BCUT2D eigenvalue weighted by Gasteiger charge is 2.23. The standard InChI is InChI=1S/C18H22N4O5S/c1-12(2)18-19-10-16(21-18)28(25,26)27-14-6-3-5-13(9-14)20-15(23)11-22-8-4-7-17(22)24/h3,5-6,9-10,12H,4,7-8,11H2,1-2H3,(H,19,21)(H,20,23). The molecular formula is C18H22N4O5S. The van der Waals surface area contributed by atoms with Gasteiger partial charge < -0.3 is 19.4 Å². The second kappa shape index (κ2) is 8.01. The Morgan fingerprint density at radius 3 is 2.82 bits per heavy atom. The van der Waals surface area contributed by atoms with E-state index < -0.39 is 10.1 Å². The Morgan fingerprint density at radius 1 is 1.39 bits per heavy atom. The summed E-state index contributed by atoms with van der Waals surface area (Å²) in [6.07, 6.45) is 2.42. The number of imidazole rings is 1. The molecule has 1 aromatic heterocycles. The van der Waals surface area contributed by atoms with Gasteiger partial charge in [-0.2, -0.15) is 8.42 Å². The molecule has 9 nitrogen and oxygen atoms in total. The maximum atomic E-state index is 12.4. The van der Waals surface area contributed by atoms with Gasteiger partial charge >= 0.3 is 10.1 Å². The lowest BCUT2D eigenvalue weighted by atomic mass is 10.2. The Labute approximate surface area is 163 Å². The van der Waals surface area contributed by atoms with Crippen molar-refractivity contribution in [1.82, 2.24) is 14.9 Å². The van der Waals surface area contributed by atoms with Crippen LogP contribution in [0.1, 0.15) is 38.4 Å². The number of hydrogen-bond donors (Lipinski definition) is 2. The number of hydrogen-bond acceptors (Lipinski definition) is 6. The van der Waals surface area contributed by atoms with E-state index in [2.05, 4.69) is 15.3 Å². The maximum absolute atomic E-state index is 12.4. The average Bonchev–Trinajstić information content (AvgIpc) is 3.25. The van der Waals surface area contributed by atoms with Crippen LogP contribution < -0.4 is 9.50 Å². The lowest BCUT2D eigenvalue weighted by Crippen LogP contribution is -2.33. The molecule has 10 heteroatoms. The predicted octanol–water partition coefficient (Wildman–Crippen LogP) is 1.86. The van der Waals surface area contributed by atoms with Crippen LogP contribution in [0.2, 0.25) is 0 Å². The third-order valence-electron chi connectivity index (χ3n) is 4.22. The summed E-state index contributed by atoms with van der Waals surface area (Å²) in [6.45, 7) is 4.31. The Bertz CT molecular complexity index is 983. The molecule has 28 heavy (non-hydrogen) atoms. The summed E-state index contributed by atoms with van der Waals surface area (Å²) in [7, 11) is -4.08. The fourth-order valence-electron chi connectivity index (χ4n) is 2.78. The highest BCUT2D eigenvalue weighted by atomic mass is 32.2. The summed E-state index contributed by atoms with van der Waals surface area (Å²) in [6, 6.07) is 6.04. The Morgan fingerprint density at radius 2 is 2.18 bits per heavy atom. The van der Waals surface area contributed by atoms with Gasteiger partial charge in [0.05, 0.1) is 12.7 Å². The Kier molecular flexibility index (Phi) is 5.68. The monoisotopic (exact) mass is 406 g/mol. The van der Waals surface area contributed by atoms with Crippen molar-refractivity contribution in [3.8, 4) is 5.75 Å². The van der Waals surface area contributed by atoms with Gasteiger partial charge in [-0.25, -0.2) is 4.98 Å². The number of likely N-dealkylation sites (tertiary alicyclic amines) is 1. The first-order valence-electron chi connectivity index (χ1n) is 8.91. The van der Waals surface area contributed by atoms with E-state index >= 15 is 0 Å². The van der Waals surface area contributed by atoms with Crippen molar-refractivity contribution in [2.24, 2.45) is 0 Å². The van der Waals surface area contributed by atoms with Crippen molar-refractivity contribution >= 4 is 27.6 Å². The summed E-state index contributed by atoms with van der Waals surface area (Å²) in [5.74, 6) is 0.240. The van der Waals surface area contributed by atoms with Crippen LogP contribution in [0.5, 0.6) is 5.75 Å². The molecule has 2 heterocycles. The Balaban J connectivity index is 1.66. The van der Waals surface area contributed by atoms with Crippen LogP contribution in [0.4, 0.5) is 5.69 Å². The Hall–Kier alpha value is -2.88. The highest BCUT2D eigenvalue weighted by Crippen LogP contribution is 2.22. The highest BCUT2D eigenvalue weighted by molar-refractivity contribution is 7.87. The van der Waals surface area contributed by atoms with Crippen LogP contribution in [0.3, 0.4) is 0 Å². The molecule has 0 radical (unpaired) electrons. The lowest BCUT2D eigenvalue weighted by Gasteiger charge is -2.15. The number of anilines is 1. The molecule has 0 aliphatic carbocycles. The number of H-pyrrole nitrogens is 1. The minimum atomic E-state index is -4.08. The van der Waals surface area contributed by atoms with Gasteiger partial charge in [0.15, 0.2) is 5.03 Å². The number of amides is 2. The fraction of sp³-hybridized carbons (Fsp3) is 0.389. The minimum Gasteiger partial charge on any atom is -0.378 e. The molecule has 0 bridgehead atoms. The summed E-state index contributed by atoms with van der Waals surface area (Å²) in [4.78, 5) is 32.0. The zero-order chi connectivity index (χ0) is 20.3. The number of nitrogens with one attached hydrogen (secondary N) is 2. The second-order valence-electron chi connectivity index (χ2n) is 6.82. The maximum Gasteiger partial charge on any atom is 0.356 e. The third kappa shape index (κ3) is 4.69. The first-order chi connectivity index (χ1) is 13.2. The van der Waals surface area contributed by atoms with Crippen LogP contribution in [-0.4, -0.2) is 48.2 Å². The lowest BCUT2D eigenvalue weighted by molar-refractivity contribution is -0.131. The number of benzene rings is 1. The van der Waals surface area contributed by atoms with Gasteiger partial charge in [0, 0.05) is 30.6 Å². The quantitative estimate of drug-likeness (QED) is 0.677. The number of carbonyl (C=O) groups is 2. The number of nitrogens with zero attached hydrogens (tertiary/aromatic N) is 2. The average molecular weight is 406 g/mol. The molecule has 2 N–H and O–H groups in total. The predicted molar refractivity (Wildman–Crippen MR) is 101 cm³/mol. The molecule has 0 unspecified atom stereocenters. The molecule has 0 saturated carbocycles. The first kappa shape index (κ1) is 19.9. The summed E-state index contributed by atoms with van der Waals surface area (Å²) in [5.41, 5.74) is 0.372. The van der Waals surface area contributed by atoms with Crippen molar-refractivity contribution in [2.75, 3.05) is 18.4 Å². The van der Waals surface area contributed by atoms with E-state index in [0.717, 1.165) is 6.42 Å². The van der Waals surface area contributed by atoms with Gasteiger partial charge in [-0.05, 0) is 18.6 Å². The summed E-state index contributed by atoms with van der Waals surface area (Å²) in [5, 5.41) is 2.51. The van der Waals surface area contributed by atoms with Crippen molar-refractivity contribution in [3.05, 3.63) is 36.3 Å². The second-order valence-corrected chi connectivity index (χ2v) is 8.33. The summed E-state index contributed by atoms with van der Waals surface area (Å²) < 4.78 is 30.0. The van der Waals surface area contributed by atoms with E-state index in [4.69, 9.17) is 4.18 Å². The van der Waals surface area contributed by atoms with Crippen molar-refractivity contribution in [2.45, 2.75) is 37.6 Å². The fourth-order valence-corrected chi connectivity index (χ4v) is 3.64. The van der Waals surface area contributed by atoms with E-state index in [-0.39, 0.29) is 35.1 Å². The van der Waals surface area contributed by atoms with Crippen molar-refractivity contribution in [3.63, 3.8) is 0 Å². The molecule has 1 fully saturated rings. The van der Waals surface area contributed by atoms with Crippen LogP contribution in [-0.2, 0) is 19.7 Å². The zero-order valence-corrected chi connectivity index (χ0v) is 16.5. The number of aromatic nitrogens is 2. The van der Waals surface area contributed by atoms with Crippen molar-refractivity contribution < 1.29 is 22.2 Å². The van der Waals surface area contributed by atoms with E-state index in [1.807, 2.05) is 13.8 Å². The minimum absolute atomic E-state index is 0.0334. The molecule has 0 spiro atoms. The number of carbonyl (C=O) groups excluding carboxylic acids is 2. The van der Waals surface area contributed by atoms with Crippen molar-refractivity contribution in [1.29, 1.82) is 0 Å². The van der Waals surface area contributed by atoms with Crippen LogP contribution in [0, 0.1) is 0 Å². The molecule has 1 aliphatic rings. The van der Waals surface area contributed by atoms with Gasteiger partial charge in [-0.1, -0.05) is 19.9 Å². The van der Waals surface area contributed by atoms with Gasteiger partial charge in [0.25, 0.3) is 0 Å². The van der Waals surface area contributed by atoms with Gasteiger partial charge in [0.1, 0.15) is 11.6 Å². The van der Waals surface area contributed by atoms with Gasteiger partial charge in [-0.15, -0.1) is 0 Å². The molecule has 2 aromatic rings. The molecule has 1 saturated heterocycles. The number of aromatic amines is 1. The molecular weight excluding hydrogens is 384 g/mol. The number of rotatable bonds is 7. The van der Waals surface area contributed by atoms with Gasteiger partial charge in [0.2, 0.25) is 11.8 Å². The molecule has 0 atom stereocenters. The smallest absolute Gasteiger partial charge is 0.356 e. The molecule has 1 aromatic carbocycles. The van der Waals surface area contributed by atoms with E-state index in [9.17, 15) is 18.0 Å². The van der Waals surface area contributed by atoms with E-state index in [1.54, 1.807) is 12.1 Å². The van der Waals surface area contributed by atoms with E-state index in [0.29, 0.717) is 24.5 Å². The van der Waals surface area contributed by atoms with Gasteiger partial charge in [-0.3, -0.25) is 9.59 Å². The van der Waals surface area contributed by atoms with Crippen LogP contribution in [0.25, 0.3) is 0 Å². The molecule has 2 amide bonds. The van der Waals surface area contributed by atoms with E-state index in [1.165, 1.54) is 23.2 Å². The largest absolute Gasteiger partial charge is 0.378 e. The SMILES string of the molecule is CC(C)c1ncc(S(=O)(=O)Oc2cccc(NC(=O)CN3CCCC3=O)c2)[nH]1. The topological polar surface area (TPSA) is 121 Å². The van der Waals surface area contributed by atoms with Crippen LogP contribution >= 0.6 is 0 Å². The normalized spacial score (nSPS) is 14.5.